The van der Waals surface area contributed by atoms with Gasteiger partial charge < -0.3 is 33.7 Å². The Morgan fingerprint density at radius 1 is 0.340 bits per heavy atom. The number of nitrogens with one attached hydrogen (secondary N) is 1. The molecule has 0 radical (unpaired) electrons. The standard InChI is InChI=1S/C40H35N3O4/c1-44-33-15-5-27(6-16-33)42(28-7-17-34(45-2)18-8-28)31-13-23-37-38-24-14-32(26-40(38)41-39(37)25-31)43(29-9-19-35(46-3)20-10-29)30-11-21-36(47-4)22-12-30/h5-26,41H,1-4H3. The number of nitrogens with zero attached hydrogens (tertiary/aromatic N) is 2. The first kappa shape index (κ1) is 29.6. The first-order chi connectivity index (χ1) is 23.1. The van der Waals surface area contributed by atoms with E-state index >= 15 is 0 Å². The average Bonchev–Trinajstić information content (AvgIpc) is 3.50. The first-order valence-electron chi connectivity index (χ1n) is 15.3. The summed E-state index contributed by atoms with van der Waals surface area (Å²) in [6.07, 6.45) is 0. The Bertz CT molecular complexity index is 1870. The molecule has 0 amide bonds. The van der Waals surface area contributed by atoms with Crippen molar-refractivity contribution < 1.29 is 18.9 Å². The molecule has 7 aromatic rings. The van der Waals surface area contributed by atoms with Crippen LogP contribution in [0.5, 0.6) is 23.0 Å². The quantitative estimate of drug-likeness (QED) is 0.164. The van der Waals surface area contributed by atoms with Crippen LogP contribution in [0.3, 0.4) is 0 Å². The Morgan fingerprint density at radius 2 is 0.596 bits per heavy atom. The van der Waals surface area contributed by atoms with Crippen LogP contribution in [0.2, 0.25) is 0 Å². The molecule has 1 aromatic heterocycles. The van der Waals surface area contributed by atoms with Gasteiger partial charge in [0, 0.05) is 55.9 Å². The summed E-state index contributed by atoms with van der Waals surface area (Å²) in [5.41, 5.74) is 8.21. The number of benzene rings is 6. The fourth-order valence-electron chi connectivity index (χ4n) is 5.98. The van der Waals surface area contributed by atoms with Crippen molar-refractivity contribution in [1.82, 2.24) is 4.98 Å². The highest BCUT2D eigenvalue weighted by Crippen LogP contribution is 2.41. The van der Waals surface area contributed by atoms with E-state index in [1.807, 2.05) is 48.5 Å². The predicted octanol–water partition coefficient (Wildman–Crippen LogP) is 10.3. The summed E-state index contributed by atoms with van der Waals surface area (Å²) < 4.78 is 21.7. The molecule has 0 atom stereocenters. The van der Waals surface area contributed by atoms with Crippen molar-refractivity contribution in [1.29, 1.82) is 0 Å². The molecule has 0 aliphatic rings. The third-order valence-corrected chi connectivity index (χ3v) is 8.40. The number of methoxy groups -OCH3 is 4. The monoisotopic (exact) mass is 621 g/mol. The van der Waals surface area contributed by atoms with Gasteiger partial charge in [0.1, 0.15) is 23.0 Å². The van der Waals surface area contributed by atoms with Gasteiger partial charge in [-0.3, -0.25) is 0 Å². The number of aromatic nitrogens is 1. The van der Waals surface area contributed by atoms with Crippen molar-refractivity contribution in [2.24, 2.45) is 0 Å². The van der Waals surface area contributed by atoms with Gasteiger partial charge in [-0.15, -0.1) is 0 Å². The third kappa shape index (κ3) is 5.75. The molecule has 0 fully saturated rings. The summed E-state index contributed by atoms with van der Waals surface area (Å²) in [4.78, 5) is 8.17. The summed E-state index contributed by atoms with van der Waals surface area (Å²) in [6.45, 7) is 0. The highest BCUT2D eigenvalue weighted by Gasteiger charge is 2.17. The zero-order valence-electron chi connectivity index (χ0n) is 26.7. The second-order valence-corrected chi connectivity index (χ2v) is 11.0. The highest BCUT2D eigenvalue weighted by molar-refractivity contribution is 6.09. The van der Waals surface area contributed by atoms with Crippen molar-refractivity contribution in [2.75, 3.05) is 38.2 Å². The van der Waals surface area contributed by atoms with Crippen LogP contribution < -0.4 is 28.7 Å². The van der Waals surface area contributed by atoms with Gasteiger partial charge >= 0.3 is 0 Å². The number of fused-ring (bicyclic) bond motifs is 3. The van der Waals surface area contributed by atoms with E-state index in [0.29, 0.717) is 0 Å². The Hall–Kier alpha value is -6.08. The molecule has 7 rings (SSSR count). The highest BCUT2D eigenvalue weighted by atomic mass is 16.5. The van der Waals surface area contributed by atoms with Gasteiger partial charge in [0.15, 0.2) is 0 Å². The molecule has 0 spiro atoms. The summed E-state index contributed by atoms with van der Waals surface area (Å²) in [5, 5.41) is 2.31. The molecule has 0 aliphatic carbocycles. The molecule has 1 heterocycles. The lowest BCUT2D eigenvalue weighted by molar-refractivity contribution is 0.414. The number of aromatic amines is 1. The number of anilines is 6. The molecule has 6 aromatic carbocycles. The van der Waals surface area contributed by atoms with Gasteiger partial charge in [0.25, 0.3) is 0 Å². The SMILES string of the molecule is COc1ccc(N(c2ccc(OC)cc2)c2ccc3c(c2)[nH]c2cc(N(c4ccc(OC)cc4)c4ccc(OC)cc4)ccc23)cc1. The number of hydrogen-bond acceptors (Lipinski definition) is 6. The van der Waals surface area contributed by atoms with E-state index in [4.69, 9.17) is 18.9 Å². The molecule has 0 bridgehead atoms. The maximum absolute atomic E-state index is 5.43. The minimum atomic E-state index is 0.809. The third-order valence-electron chi connectivity index (χ3n) is 8.40. The van der Waals surface area contributed by atoms with Crippen molar-refractivity contribution in [3.63, 3.8) is 0 Å². The summed E-state index contributed by atoms with van der Waals surface area (Å²) in [7, 11) is 6.72. The van der Waals surface area contributed by atoms with E-state index in [1.54, 1.807) is 28.4 Å². The minimum absolute atomic E-state index is 0.809. The Kier molecular flexibility index (Phi) is 8.02. The van der Waals surface area contributed by atoms with Crippen LogP contribution in [-0.4, -0.2) is 33.4 Å². The molecule has 7 nitrogen and oxygen atoms in total. The van der Waals surface area contributed by atoms with Crippen LogP contribution in [-0.2, 0) is 0 Å². The minimum Gasteiger partial charge on any atom is -0.497 e. The lowest BCUT2D eigenvalue weighted by Gasteiger charge is -2.26. The lowest BCUT2D eigenvalue weighted by atomic mass is 10.1. The van der Waals surface area contributed by atoms with Crippen molar-refractivity contribution in [3.8, 4) is 23.0 Å². The fourth-order valence-corrected chi connectivity index (χ4v) is 5.98. The van der Waals surface area contributed by atoms with Gasteiger partial charge in [0.2, 0.25) is 0 Å². The normalized spacial score (nSPS) is 11.0. The van der Waals surface area contributed by atoms with E-state index in [-0.39, 0.29) is 0 Å². The second kappa shape index (κ2) is 12.7. The van der Waals surface area contributed by atoms with E-state index < -0.39 is 0 Å². The Labute approximate surface area is 274 Å². The van der Waals surface area contributed by atoms with Crippen LogP contribution in [0.1, 0.15) is 0 Å². The summed E-state index contributed by atoms with van der Waals surface area (Å²) in [6, 6.07) is 45.5. The zero-order valence-corrected chi connectivity index (χ0v) is 26.7. The largest absolute Gasteiger partial charge is 0.497 e. The van der Waals surface area contributed by atoms with Crippen molar-refractivity contribution in [3.05, 3.63) is 133 Å². The first-order valence-corrected chi connectivity index (χ1v) is 15.3. The van der Waals surface area contributed by atoms with Gasteiger partial charge in [-0.1, -0.05) is 12.1 Å². The van der Waals surface area contributed by atoms with Gasteiger partial charge in [-0.05, 0) is 121 Å². The molecule has 234 valence electrons. The van der Waals surface area contributed by atoms with E-state index in [1.165, 1.54) is 0 Å². The van der Waals surface area contributed by atoms with E-state index in [2.05, 4.69) is 99.7 Å². The lowest BCUT2D eigenvalue weighted by Crippen LogP contribution is -2.09. The second-order valence-electron chi connectivity index (χ2n) is 11.0. The van der Waals surface area contributed by atoms with Crippen LogP contribution >= 0.6 is 0 Å². The zero-order chi connectivity index (χ0) is 32.3. The number of ether oxygens (including phenoxy) is 4. The predicted molar refractivity (Wildman–Crippen MR) is 191 cm³/mol. The maximum atomic E-state index is 5.43. The van der Waals surface area contributed by atoms with Crippen LogP contribution in [0.15, 0.2) is 133 Å². The number of hydrogen-bond donors (Lipinski definition) is 1. The van der Waals surface area contributed by atoms with Gasteiger partial charge in [-0.25, -0.2) is 0 Å². The van der Waals surface area contributed by atoms with Gasteiger partial charge in [-0.2, -0.15) is 0 Å². The summed E-state index contributed by atoms with van der Waals surface area (Å²) >= 11 is 0. The molecule has 7 heteroatoms. The molecule has 0 aliphatic heterocycles. The molecule has 0 saturated carbocycles. The Morgan fingerprint density at radius 3 is 0.851 bits per heavy atom. The average molecular weight is 622 g/mol. The van der Waals surface area contributed by atoms with Crippen molar-refractivity contribution in [2.45, 2.75) is 0 Å². The topological polar surface area (TPSA) is 59.2 Å². The molecule has 0 saturated heterocycles. The van der Waals surface area contributed by atoms with Crippen LogP contribution in [0, 0.1) is 0 Å². The van der Waals surface area contributed by atoms with Crippen LogP contribution in [0.25, 0.3) is 21.8 Å². The van der Waals surface area contributed by atoms with E-state index in [0.717, 1.165) is 78.9 Å². The Balaban J connectivity index is 1.32. The van der Waals surface area contributed by atoms with E-state index in [9.17, 15) is 0 Å². The number of H-pyrrole nitrogens is 1. The fraction of sp³-hybridized carbons (Fsp3) is 0.100. The van der Waals surface area contributed by atoms with Crippen LogP contribution in [0.4, 0.5) is 34.1 Å². The smallest absolute Gasteiger partial charge is 0.119 e. The maximum Gasteiger partial charge on any atom is 0.119 e. The molecular formula is C40H35N3O4. The molecule has 0 unspecified atom stereocenters. The summed E-state index contributed by atoms with van der Waals surface area (Å²) in [5.74, 6) is 3.24. The molecule has 1 N–H and O–H groups in total. The molecule has 47 heavy (non-hydrogen) atoms. The van der Waals surface area contributed by atoms with Gasteiger partial charge in [0.05, 0.1) is 28.4 Å². The molecular weight excluding hydrogens is 586 g/mol. The number of rotatable bonds is 10. The van der Waals surface area contributed by atoms with Crippen molar-refractivity contribution >= 4 is 55.9 Å².